The number of nitrogens with one attached hydrogen (secondary N) is 1. The summed E-state index contributed by atoms with van der Waals surface area (Å²) in [6, 6.07) is 5.67. The monoisotopic (exact) mass is 437 g/mol. The second-order valence-electron chi connectivity index (χ2n) is 8.36. The summed E-state index contributed by atoms with van der Waals surface area (Å²) in [4.78, 5) is 31.5. The number of hydrogen-bond acceptors (Lipinski definition) is 7. The number of fused-ring (bicyclic) bond motifs is 3. The fraction of sp³-hybridized carbons (Fsp3) is 0.333. The van der Waals surface area contributed by atoms with Crippen LogP contribution >= 0.6 is 11.3 Å². The number of pyridine rings is 2. The first-order valence-corrected chi connectivity index (χ1v) is 11.0. The van der Waals surface area contributed by atoms with Gasteiger partial charge in [0, 0.05) is 50.1 Å². The average Bonchev–Trinajstić information content (AvgIpc) is 3.38. The summed E-state index contributed by atoms with van der Waals surface area (Å²) in [5.74, 6) is 0.762. The molecular weight excluding hydrogens is 417 g/mol. The van der Waals surface area contributed by atoms with Crippen molar-refractivity contribution in [1.82, 2.24) is 24.3 Å². The van der Waals surface area contributed by atoms with Crippen LogP contribution in [0.3, 0.4) is 0 Å². The lowest BCUT2D eigenvalue weighted by molar-refractivity contribution is 0.102. The second kappa shape index (κ2) is 6.69. The van der Waals surface area contributed by atoms with Crippen molar-refractivity contribution < 1.29 is 9.18 Å². The Hall–Kier alpha value is -3.11. The Morgan fingerprint density at radius 1 is 1.19 bits per heavy atom. The highest BCUT2D eigenvalue weighted by molar-refractivity contribution is 7.20. The molecule has 2 aliphatic heterocycles. The number of rotatable bonds is 3. The van der Waals surface area contributed by atoms with E-state index in [1.54, 1.807) is 23.7 Å². The van der Waals surface area contributed by atoms with Crippen LogP contribution in [-0.2, 0) is 0 Å². The molecule has 158 valence electrons. The van der Waals surface area contributed by atoms with Gasteiger partial charge in [-0.1, -0.05) is 11.3 Å². The highest BCUT2D eigenvalue weighted by atomic mass is 32.1. The molecule has 4 aromatic rings. The van der Waals surface area contributed by atoms with E-state index in [-0.39, 0.29) is 11.6 Å². The van der Waals surface area contributed by atoms with E-state index in [4.69, 9.17) is 4.98 Å². The predicted molar refractivity (Wildman–Crippen MR) is 117 cm³/mol. The number of hydrogen-bond donors (Lipinski definition) is 1. The Balaban J connectivity index is 1.24. The average molecular weight is 438 g/mol. The van der Waals surface area contributed by atoms with E-state index in [0.717, 1.165) is 30.3 Å². The Bertz CT molecular complexity index is 1350. The zero-order valence-corrected chi connectivity index (χ0v) is 17.9. The molecule has 0 aromatic carbocycles. The molecule has 0 saturated carbocycles. The van der Waals surface area contributed by atoms with Gasteiger partial charge in [0.05, 0.1) is 11.4 Å². The van der Waals surface area contributed by atoms with Gasteiger partial charge in [-0.2, -0.15) is 0 Å². The number of amides is 1. The molecule has 1 amide bonds. The summed E-state index contributed by atoms with van der Waals surface area (Å²) in [6.07, 6.45) is 3.35. The quantitative estimate of drug-likeness (QED) is 0.531. The van der Waals surface area contributed by atoms with E-state index < -0.39 is 5.82 Å². The maximum absolute atomic E-state index is 14.3. The Morgan fingerprint density at radius 2 is 2.06 bits per heavy atom. The second-order valence-corrected chi connectivity index (χ2v) is 9.34. The Labute approximate surface area is 181 Å². The maximum atomic E-state index is 14.3. The number of nitrogens with zero attached hydrogens (tertiary/aromatic N) is 6. The van der Waals surface area contributed by atoms with E-state index in [0.29, 0.717) is 33.9 Å². The minimum atomic E-state index is -0.494. The van der Waals surface area contributed by atoms with E-state index in [9.17, 15) is 9.18 Å². The third-order valence-electron chi connectivity index (χ3n) is 6.03. The van der Waals surface area contributed by atoms with Crippen molar-refractivity contribution in [3.05, 3.63) is 47.1 Å². The van der Waals surface area contributed by atoms with Crippen LogP contribution in [0.5, 0.6) is 0 Å². The van der Waals surface area contributed by atoms with Crippen LogP contribution in [0.25, 0.3) is 16.0 Å². The SMILES string of the molecule is Cc1cn2cc(NC(=O)c3nc4ccc(N5C[C@H]6CN(C)C[C@H]65)nc4s3)cc(F)c2n1. The molecule has 2 saturated heterocycles. The van der Waals surface area contributed by atoms with Crippen LogP contribution in [0, 0.1) is 18.7 Å². The molecule has 6 heterocycles. The number of halogens is 1. The van der Waals surface area contributed by atoms with Crippen molar-refractivity contribution in [1.29, 1.82) is 0 Å². The topological polar surface area (TPSA) is 78.7 Å². The Kier molecular flexibility index (Phi) is 4.03. The molecule has 1 N–H and O–H groups in total. The minimum Gasteiger partial charge on any atom is -0.351 e. The number of aryl methyl sites for hydroxylation is 1. The normalized spacial score (nSPS) is 20.9. The lowest BCUT2D eigenvalue weighted by Crippen LogP contribution is -2.56. The molecule has 31 heavy (non-hydrogen) atoms. The number of anilines is 2. The number of aromatic nitrogens is 4. The number of likely N-dealkylation sites (tertiary alicyclic amines) is 1. The molecule has 6 rings (SSSR count). The number of thiazole rings is 1. The number of imidazole rings is 1. The molecule has 2 aliphatic rings. The molecule has 10 heteroatoms. The molecule has 0 unspecified atom stereocenters. The van der Waals surface area contributed by atoms with Crippen LogP contribution in [0.15, 0.2) is 30.6 Å². The van der Waals surface area contributed by atoms with Crippen molar-refractivity contribution in [3.63, 3.8) is 0 Å². The summed E-state index contributed by atoms with van der Waals surface area (Å²) in [5.41, 5.74) is 1.96. The highest BCUT2D eigenvalue weighted by Crippen LogP contribution is 2.36. The summed E-state index contributed by atoms with van der Waals surface area (Å²) in [7, 11) is 2.15. The van der Waals surface area contributed by atoms with Gasteiger partial charge in [-0.15, -0.1) is 0 Å². The molecule has 2 atom stereocenters. The van der Waals surface area contributed by atoms with Crippen LogP contribution in [0.2, 0.25) is 0 Å². The van der Waals surface area contributed by atoms with E-state index in [1.165, 1.54) is 17.4 Å². The van der Waals surface area contributed by atoms with E-state index >= 15 is 0 Å². The standard InChI is InChI=1S/C21H20FN7OS/c1-11-6-28-9-13(5-14(22)18(28)23-11)24-19(30)21-25-15-3-4-17(26-20(15)31-21)29-8-12-7-27(2)10-16(12)29/h3-6,9,12,16H,7-8,10H2,1-2H3,(H,24,30)/t12-,16-/m1/s1. The van der Waals surface area contributed by atoms with Crippen LogP contribution in [-0.4, -0.2) is 62.9 Å². The largest absolute Gasteiger partial charge is 0.351 e. The van der Waals surface area contributed by atoms with Crippen LogP contribution in [0.4, 0.5) is 15.9 Å². The summed E-state index contributed by atoms with van der Waals surface area (Å²) in [5, 5.41) is 3.03. The first kappa shape index (κ1) is 18.6. The molecule has 8 nitrogen and oxygen atoms in total. The van der Waals surface area contributed by atoms with Gasteiger partial charge >= 0.3 is 0 Å². The zero-order valence-electron chi connectivity index (χ0n) is 17.0. The van der Waals surface area contributed by atoms with Crippen LogP contribution in [0.1, 0.15) is 15.5 Å². The predicted octanol–water partition coefficient (Wildman–Crippen LogP) is 2.79. The van der Waals surface area contributed by atoms with Gasteiger partial charge < -0.3 is 19.5 Å². The first-order chi connectivity index (χ1) is 14.9. The number of carbonyl (C=O) groups excluding carboxylic acids is 1. The zero-order chi connectivity index (χ0) is 21.3. The van der Waals surface area contributed by atoms with Crippen molar-refractivity contribution in [2.24, 2.45) is 5.92 Å². The third kappa shape index (κ3) is 3.05. The van der Waals surface area contributed by atoms with E-state index in [2.05, 4.69) is 32.1 Å². The third-order valence-corrected chi connectivity index (χ3v) is 7.00. The van der Waals surface area contributed by atoms with Gasteiger partial charge in [0.1, 0.15) is 16.2 Å². The van der Waals surface area contributed by atoms with Gasteiger partial charge in [-0.05, 0) is 26.1 Å². The van der Waals surface area contributed by atoms with Crippen molar-refractivity contribution in [3.8, 4) is 0 Å². The maximum Gasteiger partial charge on any atom is 0.284 e. The van der Waals surface area contributed by atoms with Crippen molar-refractivity contribution in [2.75, 3.05) is 36.9 Å². The van der Waals surface area contributed by atoms with Gasteiger partial charge in [-0.3, -0.25) is 4.79 Å². The molecule has 4 aromatic heterocycles. The molecule has 0 radical (unpaired) electrons. The first-order valence-electron chi connectivity index (χ1n) is 10.1. The van der Waals surface area contributed by atoms with Crippen molar-refractivity contribution >= 4 is 44.7 Å². The van der Waals surface area contributed by atoms with E-state index in [1.807, 2.05) is 12.1 Å². The Morgan fingerprint density at radius 3 is 2.90 bits per heavy atom. The lowest BCUT2D eigenvalue weighted by Gasteiger charge is -2.44. The fourth-order valence-corrected chi connectivity index (χ4v) is 5.44. The fourth-order valence-electron chi connectivity index (χ4n) is 4.61. The lowest BCUT2D eigenvalue weighted by atomic mass is 9.92. The number of likely N-dealkylation sites (N-methyl/N-ethyl adjacent to an activating group) is 1. The summed E-state index contributed by atoms with van der Waals surface area (Å²) < 4.78 is 15.9. The summed E-state index contributed by atoms with van der Waals surface area (Å²) >= 11 is 1.24. The van der Waals surface area contributed by atoms with Gasteiger partial charge in [0.2, 0.25) is 0 Å². The smallest absolute Gasteiger partial charge is 0.284 e. The minimum absolute atomic E-state index is 0.230. The van der Waals surface area contributed by atoms with Gasteiger partial charge in [0.15, 0.2) is 16.5 Å². The molecular formula is C21H20FN7OS. The highest BCUT2D eigenvalue weighted by Gasteiger charge is 2.45. The molecule has 0 spiro atoms. The summed E-state index contributed by atoms with van der Waals surface area (Å²) in [6.45, 7) is 5.00. The molecule has 2 fully saturated rings. The molecule has 0 bridgehead atoms. The van der Waals surface area contributed by atoms with Crippen molar-refractivity contribution in [2.45, 2.75) is 13.0 Å². The number of carbonyl (C=O) groups is 1. The van der Waals surface area contributed by atoms with Gasteiger partial charge in [0.25, 0.3) is 5.91 Å². The van der Waals surface area contributed by atoms with Crippen LogP contribution < -0.4 is 10.2 Å². The van der Waals surface area contributed by atoms with Gasteiger partial charge in [-0.25, -0.2) is 19.3 Å². The molecule has 0 aliphatic carbocycles.